The van der Waals surface area contributed by atoms with Crippen LogP contribution < -0.4 is 29.2 Å². The van der Waals surface area contributed by atoms with Crippen LogP contribution in [0.1, 0.15) is 11.4 Å². The van der Waals surface area contributed by atoms with Gasteiger partial charge in [0.05, 0.1) is 48.0 Å². The van der Waals surface area contributed by atoms with Gasteiger partial charge in [0.25, 0.3) is 0 Å². The molecule has 2 aromatic carbocycles. The van der Waals surface area contributed by atoms with Crippen molar-refractivity contribution in [3.8, 4) is 45.4 Å². The number of rotatable bonds is 13. The minimum atomic E-state index is 0.358. The molecule has 2 aliphatic heterocycles. The number of methoxy groups -OCH3 is 2. The topological polar surface area (TPSA) is 153 Å². The molecule has 4 heterocycles. The van der Waals surface area contributed by atoms with Crippen LogP contribution in [0.15, 0.2) is 48.8 Å². The lowest BCUT2D eigenvalue weighted by Crippen LogP contribution is -2.55. The molecule has 242 valence electrons. The number of halogens is 2. The number of nitrogens with two attached hydrogens (primary N) is 2. The molecule has 2 aromatic heterocycles. The molecule has 0 bridgehead atoms. The quantitative estimate of drug-likeness (QED) is 0.148. The minimum Gasteiger partial charge on any atom is -0.480 e. The highest BCUT2D eigenvalue weighted by atomic mass is 35.5. The summed E-state index contributed by atoms with van der Waals surface area (Å²) in [5.41, 5.74) is 5.64. The van der Waals surface area contributed by atoms with Gasteiger partial charge in [-0.2, -0.15) is 0 Å². The number of hydrogen-bond acceptors (Lipinski definition) is 14. The van der Waals surface area contributed by atoms with Gasteiger partial charge in [0.2, 0.25) is 11.8 Å². The first-order chi connectivity index (χ1) is 22.4. The van der Waals surface area contributed by atoms with E-state index in [0.29, 0.717) is 69.5 Å². The van der Waals surface area contributed by atoms with Gasteiger partial charge in [0.1, 0.15) is 11.4 Å². The molecule has 12 nitrogen and oxygen atoms in total. The number of likely N-dealkylation sites (tertiary alicyclic amines) is 2. The van der Waals surface area contributed by atoms with Crippen LogP contribution in [0.5, 0.6) is 11.8 Å². The van der Waals surface area contributed by atoms with Crippen LogP contribution in [-0.2, 0) is 13.1 Å². The zero-order chi connectivity index (χ0) is 32.2. The Labute approximate surface area is 286 Å². The van der Waals surface area contributed by atoms with Crippen LogP contribution in [0.25, 0.3) is 33.6 Å². The average molecular weight is 702 g/mol. The summed E-state index contributed by atoms with van der Waals surface area (Å²) in [6, 6.07) is 12.2. The monoisotopic (exact) mass is 700 g/mol. The van der Waals surface area contributed by atoms with Crippen LogP contribution in [-0.4, -0.2) is 82.2 Å². The van der Waals surface area contributed by atoms with Crippen molar-refractivity contribution in [2.24, 2.45) is 10.3 Å². The van der Waals surface area contributed by atoms with Gasteiger partial charge in [0, 0.05) is 97.9 Å². The first kappa shape index (κ1) is 33.2. The van der Waals surface area contributed by atoms with Crippen LogP contribution in [0.4, 0.5) is 0 Å². The van der Waals surface area contributed by atoms with E-state index in [1.807, 2.05) is 36.4 Å². The molecule has 2 fully saturated rings. The molecule has 2 aliphatic rings. The number of aromatic nitrogens is 4. The third-order valence-corrected chi connectivity index (χ3v) is 9.73. The Morgan fingerprint density at radius 2 is 1.11 bits per heavy atom. The summed E-state index contributed by atoms with van der Waals surface area (Å²) in [4.78, 5) is 23.4. The molecular formula is C30H34Cl2N10O2S2. The lowest BCUT2D eigenvalue weighted by molar-refractivity contribution is 0.131. The third-order valence-electron chi connectivity index (χ3n) is 7.98. The first-order valence-electron chi connectivity index (χ1n) is 14.5. The van der Waals surface area contributed by atoms with Crippen LogP contribution in [0.2, 0.25) is 10.0 Å². The van der Waals surface area contributed by atoms with Crippen molar-refractivity contribution in [1.82, 2.24) is 39.2 Å². The highest BCUT2D eigenvalue weighted by molar-refractivity contribution is 7.95. The van der Waals surface area contributed by atoms with Gasteiger partial charge >= 0.3 is 0 Å². The van der Waals surface area contributed by atoms with E-state index in [-0.39, 0.29) is 0 Å². The Hall–Kier alpha value is -2.76. The second kappa shape index (κ2) is 15.0. The first-order valence-corrected chi connectivity index (χ1v) is 17.0. The highest BCUT2D eigenvalue weighted by Crippen LogP contribution is 2.42. The van der Waals surface area contributed by atoms with Gasteiger partial charge in [-0.25, -0.2) is 19.4 Å². The van der Waals surface area contributed by atoms with Crippen molar-refractivity contribution in [3.63, 3.8) is 0 Å². The number of nitrogens with one attached hydrogen (secondary N) is 2. The molecule has 0 aliphatic carbocycles. The lowest BCUT2D eigenvalue weighted by atomic mass is 9.98. The maximum atomic E-state index is 7.05. The van der Waals surface area contributed by atoms with E-state index >= 15 is 0 Å². The molecule has 0 atom stereocenters. The van der Waals surface area contributed by atoms with Gasteiger partial charge in [-0.3, -0.25) is 30.0 Å². The van der Waals surface area contributed by atoms with Gasteiger partial charge in [-0.05, 0) is 0 Å². The van der Waals surface area contributed by atoms with Crippen molar-refractivity contribution in [1.29, 1.82) is 0 Å². The summed E-state index contributed by atoms with van der Waals surface area (Å²) in [7, 11) is 3.19. The number of ether oxygens (including phenoxy) is 2. The van der Waals surface area contributed by atoms with Crippen molar-refractivity contribution in [2.45, 2.75) is 25.2 Å². The summed E-state index contributed by atoms with van der Waals surface area (Å²) in [5, 5.41) is 12.0. The van der Waals surface area contributed by atoms with E-state index in [1.54, 1.807) is 26.6 Å². The van der Waals surface area contributed by atoms with E-state index < -0.39 is 0 Å². The van der Waals surface area contributed by atoms with Gasteiger partial charge in [-0.15, -0.1) is 0 Å². The van der Waals surface area contributed by atoms with Crippen LogP contribution >= 0.6 is 47.5 Å². The summed E-state index contributed by atoms with van der Waals surface area (Å²) < 4.78 is 17.6. The summed E-state index contributed by atoms with van der Waals surface area (Å²) in [6.07, 6.45) is 3.45. The van der Waals surface area contributed by atoms with Gasteiger partial charge < -0.3 is 9.47 Å². The normalized spacial score (nSPS) is 15.9. The molecule has 4 aromatic rings. The van der Waals surface area contributed by atoms with Crippen molar-refractivity contribution < 1.29 is 9.47 Å². The molecular weight excluding hydrogens is 667 g/mol. The Morgan fingerprint density at radius 1 is 0.717 bits per heavy atom. The second-order valence-corrected chi connectivity index (χ2v) is 12.7. The Morgan fingerprint density at radius 3 is 1.48 bits per heavy atom. The average Bonchev–Trinajstić information content (AvgIpc) is 3.03. The van der Waals surface area contributed by atoms with Crippen molar-refractivity contribution in [3.05, 3.63) is 70.2 Å². The smallest absolute Gasteiger partial charge is 0.237 e. The molecule has 2 saturated heterocycles. The second-order valence-electron chi connectivity index (χ2n) is 11.0. The predicted molar refractivity (Wildman–Crippen MR) is 185 cm³/mol. The van der Waals surface area contributed by atoms with E-state index in [9.17, 15) is 0 Å². The summed E-state index contributed by atoms with van der Waals surface area (Å²) >= 11 is 16.4. The molecule has 6 rings (SSSR count). The van der Waals surface area contributed by atoms with Gasteiger partial charge in [0.15, 0.2) is 0 Å². The molecule has 0 radical (unpaired) electrons. The Kier molecular flexibility index (Phi) is 10.8. The maximum Gasteiger partial charge on any atom is 0.237 e. The minimum absolute atomic E-state index is 0.358. The van der Waals surface area contributed by atoms with Crippen molar-refractivity contribution >= 4 is 47.5 Å². The lowest BCUT2D eigenvalue weighted by Gasteiger charge is -2.38. The van der Waals surface area contributed by atoms with E-state index in [1.165, 1.54) is 0 Å². The number of benzene rings is 2. The molecule has 0 saturated carbocycles. The summed E-state index contributed by atoms with van der Waals surface area (Å²) in [5.74, 6) is 0.916. The molecule has 0 spiro atoms. The standard InChI is InChI=1S/C30H34Cl2N10O2S2/c1-43-29-25(15-41-11-17(12-41)39-45-33)35-9-23(37-29)21-7-3-5-19(27(21)31)20-6-4-8-22(28(20)32)24-10-36-26(30(38-24)44-2)16-42-13-18(14-42)40-46-34/h3-10,17-18,39-40H,11-16,33-34H2,1-2H3. The fourth-order valence-corrected chi connectivity index (χ4v) is 6.97. The van der Waals surface area contributed by atoms with Crippen LogP contribution in [0.3, 0.4) is 0 Å². The van der Waals surface area contributed by atoms with E-state index in [2.05, 4.69) is 19.2 Å². The SMILES string of the molecule is COc1nc(-c2cccc(-c3cccc(-c4cnc(CN5CC(NSN)C5)c(OC)n4)c3Cl)c2Cl)cnc1CN1CC(NSN)C1. The predicted octanol–water partition coefficient (Wildman–Crippen LogP) is 4.18. The molecule has 6 N–H and O–H groups in total. The van der Waals surface area contributed by atoms with Crippen LogP contribution in [0, 0.1) is 0 Å². The highest BCUT2D eigenvalue weighted by Gasteiger charge is 2.29. The zero-order valence-electron chi connectivity index (χ0n) is 25.2. The van der Waals surface area contributed by atoms with E-state index in [4.69, 9.17) is 62.9 Å². The maximum absolute atomic E-state index is 7.05. The Bertz CT molecular complexity index is 1570. The van der Waals surface area contributed by atoms with Crippen molar-refractivity contribution in [2.75, 3.05) is 40.4 Å². The summed E-state index contributed by atoms with van der Waals surface area (Å²) in [6.45, 7) is 4.74. The molecule has 0 unspecified atom stereocenters. The fraction of sp³-hybridized carbons (Fsp3) is 0.333. The molecule has 16 heteroatoms. The van der Waals surface area contributed by atoms with Gasteiger partial charge in [-0.1, -0.05) is 59.6 Å². The number of hydrogen-bond donors (Lipinski definition) is 4. The third kappa shape index (κ3) is 7.06. The Balaban J connectivity index is 1.24. The van der Waals surface area contributed by atoms with E-state index in [0.717, 1.165) is 73.0 Å². The zero-order valence-corrected chi connectivity index (χ0v) is 28.4. The number of nitrogens with zero attached hydrogens (tertiary/aromatic N) is 6. The molecule has 46 heavy (non-hydrogen) atoms. The largest absolute Gasteiger partial charge is 0.480 e. The molecule has 0 amide bonds. The fourth-order valence-electron chi connectivity index (χ4n) is 5.64.